The molecule has 0 atom stereocenters. The maximum absolute atomic E-state index is 12.6. The van der Waals surface area contributed by atoms with Crippen LogP contribution in [0.1, 0.15) is 21.6 Å². The molecule has 122 valence electrons. The van der Waals surface area contributed by atoms with E-state index in [0.29, 0.717) is 18.5 Å². The third-order valence-electron chi connectivity index (χ3n) is 3.72. The second kappa shape index (κ2) is 6.41. The minimum Gasteiger partial charge on any atom is -0.507 e. The van der Waals surface area contributed by atoms with Crippen LogP contribution in [0.25, 0.3) is 5.95 Å². The van der Waals surface area contributed by atoms with Crippen LogP contribution in [-0.2, 0) is 12.8 Å². The Morgan fingerprint density at radius 2 is 2.00 bits per heavy atom. The van der Waals surface area contributed by atoms with Crippen molar-refractivity contribution in [3.05, 3.63) is 76.0 Å². The van der Waals surface area contributed by atoms with E-state index in [2.05, 4.69) is 9.97 Å². The molecule has 2 heterocycles. The van der Waals surface area contributed by atoms with Gasteiger partial charge < -0.3 is 15.8 Å². The predicted octanol–water partition coefficient (Wildman–Crippen LogP) is 1.15. The Hall–Kier alpha value is -3.35. The van der Waals surface area contributed by atoms with Crippen LogP contribution in [0.4, 0.5) is 0 Å². The standard InChI is InChI=1S/C17H16N4O3/c18-15(23)14-13(22)10-12(7-6-11-4-2-1-3-5-11)21(16(14)24)17-19-8-9-20-17/h1-5,8-10,22H,6-7H2,(H2,18,23)(H,19,20). The molecule has 0 bridgehead atoms. The van der Waals surface area contributed by atoms with Crippen LogP contribution in [0, 0.1) is 0 Å². The highest BCUT2D eigenvalue weighted by atomic mass is 16.3. The summed E-state index contributed by atoms with van der Waals surface area (Å²) in [6.07, 6.45) is 4.21. The summed E-state index contributed by atoms with van der Waals surface area (Å²) in [5, 5.41) is 10.0. The van der Waals surface area contributed by atoms with Crippen molar-refractivity contribution in [2.24, 2.45) is 5.73 Å². The van der Waals surface area contributed by atoms with E-state index < -0.39 is 22.8 Å². The molecule has 4 N–H and O–H groups in total. The summed E-state index contributed by atoms with van der Waals surface area (Å²) >= 11 is 0. The number of nitrogens with zero attached hydrogens (tertiary/aromatic N) is 2. The number of nitrogens with one attached hydrogen (secondary N) is 1. The average Bonchev–Trinajstić information content (AvgIpc) is 3.07. The van der Waals surface area contributed by atoms with Gasteiger partial charge in [-0.25, -0.2) is 9.55 Å². The summed E-state index contributed by atoms with van der Waals surface area (Å²) < 4.78 is 1.27. The first-order chi connectivity index (χ1) is 11.6. The molecule has 3 rings (SSSR count). The van der Waals surface area contributed by atoms with Crippen LogP contribution in [0.2, 0.25) is 0 Å². The molecule has 7 nitrogen and oxygen atoms in total. The van der Waals surface area contributed by atoms with Gasteiger partial charge >= 0.3 is 0 Å². The number of pyridine rings is 1. The van der Waals surface area contributed by atoms with E-state index in [1.807, 2.05) is 30.3 Å². The Labute approximate surface area is 137 Å². The number of carbonyl (C=O) groups is 1. The summed E-state index contributed by atoms with van der Waals surface area (Å²) in [5.41, 5.74) is 5.69. The molecule has 0 aliphatic heterocycles. The molecule has 0 radical (unpaired) electrons. The quantitative estimate of drug-likeness (QED) is 0.653. The first-order valence-electron chi connectivity index (χ1n) is 7.39. The van der Waals surface area contributed by atoms with Gasteiger partial charge in [0.2, 0.25) is 5.95 Å². The van der Waals surface area contributed by atoms with Gasteiger partial charge in [0.15, 0.2) is 0 Å². The molecular weight excluding hydrogens is 308 g/mol. The summed E-state index contributed by atoms with van der Waals surface area (Å²) in [6, 6.07) is 11.1. The van der Waals surface area contributed by atoms with E-state index >= 15 is 0 Å². The number of aromatic hydroxyl groups is 1. The number of aromatic amines is 1. The number of aromatic nitrogens is 3. The Balaban J connectivity index is 2.08. The highest BCUT2D eigenvalue weighted by Crippen LogP contribution is 2.18. The normalized spacial score (nSPS) is 10.7. The van der Waals surface area contributed by atoms with Crippen molar-refractivity contribution in [2.75, 3.05) is 0 Å². The van der Waals surface area contributed by atoms with Gasteiger partial charge in [-0.1, -0.05) is 30.3 Å². The molecule has 3 aromatic rings. The van der Waals surface area contributed by atoms with Gasteiger partial charge in [0, 0.05) is 24.2 Å². The zero-order chi connectivity index (χ0) is 17.1. The second-order valence-corrected chi connectivity index (χ2v) is 5.30. The zero-order valence-electron chi connectivity index (χ0n) is 12.8. The highest BCUT2D eigenvalue weighted by Gasteiger charge is 2.20. The number of nitrogens with two attached hydrogens (primary N) is 1. The number of aryl methyl sites for hydroxylation is 2. The van der Waals surface area contributed by atoms with E-state index in [-0.39, 0.29) is 5.95 Å². The van der Waals surface area contributed by atoms with Crippen LogP contribution in [0.3, 0.4) is 0 Å². The minimum atomic E-state index is -0.979. The van der Waals surface area contributed by atoms with Gasteiger partial charge in [-0.3, -0.25) is 9.59 Å². The molecule has 0 unspecified atom stereocenters. The number of primary amides is 1. The molecule has 2 aromatic heterocycles. The molecule has 1 amide bonds. The molecule has 0 aliphatic rings. The van der Waals surface area contributed by atoms with Gasteiger partial charge in [0.25, 0.3) is 11.5 Å². The van der Waals surface area contributed by atoms with Gasteiger partial charge in [-0.05, 0) is 18.4 Å². The van der Waals surface area contributed by atoms with Crippen LogP contribution >= 0.6 is 0 Å². The van der Waals surface area contributed by atoms with Crippen LogP contribution in [0.5, 0.6) is 5.75 Å². The fourth-order valence-corrected chi connectivity index (χ4v) is 2.59. The SMILES string of the molecule is NC(=O)c1c(O)cc(CCc2ccccc2)n(-c2ncc[nH]2)c1=O. The molecule has 0 fully saturated rings. The predicted molar refractivity (Wildman–Crippen MR) is 88.2 cm³/mol. The van der Waals surface area contributed by atoms with Crippen molar-refractivity contribution in [2.45, 2.75) is 12.8 Å². The number of hydrogen-bond donors (Lipinski definition) is 3. The summed E-state index contributed by atoms with van der Waals surface area (Å²) in [5.74, 6) is -1.13. The van der Waals surface area contributed by atoms with Crippen molar-refractivity contribution in [1.82, 2.24) is 14.5 Å². The number of benzene rings is 1. The van der Waals surface area contributed by atoms with Crippen molar-refractivity contribution >= 4 is 5.91 Å². The van der Waals surface area contributed by atoms with E-state index in [1.54, 1.807) is 6.20 Å². The maximum atomic E-state index is 12.6. The van der Waals surface area contributed by atoms with Crippen molar-refractivity contribution in [3.63, 3.8) is 0 Å². The molecule has 24 heavy (non-hydrogen) atoms. The number of H-pyrrole nitrogens is 1. The molecule has 0 aliphatic carbocycles. The van der Waals surface area contributed by atoms with Gasteiger partial charge in [0.1, 0.15) is 11.3 Å². The molecule has 0 spiro atoms. The Morgan fingerprint density at radius 3 is 2.62 bits per heavy atom. The molecule has 7 heteroatoms. The summed E-state index contributed by atoms with van der Waals surface area (Å²) in [6.45, 7) is 0. The number of hydrogen-bond acceptors (Lipinski definition) is 4. The van der Waals surface area contributed by atoms with Gasteiger partial charge in [-0.15, -0.1) is 0 Å². The number of amides is 1. The average molecular weight is 324 g/mol. The van der Waals surface area contributed by atoms with Crippen molar-refractivity contribution in [3.8, 4) is 11.7 Å². The largest absolute Gasteiger partial charge is 0.507 e. The van der Waals surface area contributed by atoms with E-state index in [9.17, 15) is 14.7 Å². The monoisotopic (exact) mass is 324 g/mol. The smallest absolute Gasteiger partial charge is 0.274 e. The first kappa shape index (κ1) is 15.5. The summed E-state index contributed by atoms with van der Waals surface area (Å²) in [4.78, 5) is 31.0. The van der Waals surface area contributed by atoms with Gasteiger partial charge in [0.05, 0.1) is 0 Å². The van der Waals surface area contributed by atoms with E-state index in [4.69, 9.17) is 5.73 Å². The number of rotatable bonds is 5. The summed E-state index contributed by atoms with van der Waals surface area (Å²) in [7, 11) is 0. The van der Waals surface area contributed by atoms with Crippen LogP contribution in [0.15, 0.2) is 53.6 Å². The Kier molecular flexibility index (Phi) is 4.15. The lowest BCUT2D eigenvalue weighted by Crippen LogP contribution is -2.31. The minimum absolute atomic E-state index is 0.269. The van der Waals surface area contributed by atoms with E-state index in [1.165, 1.54) is 16.8 Å². The second-order valence-electron chi connectivity index (χ2n) is 5.30. The zero-order valence-corrected chi connectivity index (χ0v) is 12.8. The third kappa shape index (κ3) is 2.91. The van der Waals surface area contributed by atoms with Crippen LogP contribution in [-0.4, -0.2) is 25.5 Å². The Bertz CT molecular complexity index is 915. The third-order valence-corrected chi connectivity index (χ3v) is 3.72. The van der Waals surface area contributed by atoms with Gasteiger partial charge in [-0.2, -0.15) is 0 Å². The highest BCUT2D eigenvalue weighted by molar-refractivity contribution is 5.95. The lowest BCUT2D eigenvalue weighted by molar-refractivity contribution is 0.0996. The number of imidazole rings is 1. The molecule has 0 saturated heterocycles. The molecule has 1 aromatic carbocycles. The van der Waals surface area contributed by atoms with Crippen LogP contribution < -0.4 is 11.3 Å². The topological polar surface area (TPSA) is 114 Å². The molecular formula is C17H16N4O3. The Morgan fingerprint density at radius 1 is 1.25 bits per heavy atom. The first-order valence-corrected chi connectivity index (χ1v) is 7.39. The lowest BCUT2D eigenvalue weighted by Gasteiger charge is -2.13. The number of carbonyl (C=O) groups excluding carboxylic acids is 1. The maximum Gasteiger partial charge on any atom is 0.274 e. The fourth-order valence-electron chi connectivity index (χ4n) is 2.59. The van der Waals surface area contributed by atoms with Crippen molar-refractivity contribution < 1.29 is 9.90 Å². The fraction of sp³-hybridized carbons (Fsp3) is 0.118. The molecule has 0 saturated carbocycles. The van der Waals surface area contributed by atoms with Crippen molar-refractivity contribution in [1.29, 1.82) is 0 Å². The van der Waals surface area contributed by atoms with E-state index in [0.717, 1.165) is 5.56 Å². The lowest BCUT2D eigenvalue weighted by atomic mass is 10.1.